The van der Waals surface area contributed by atoms with Crippen LogP contribution in [0.2, 0.25) is 0 Å². The molecule has 0 aromatic carbocycles. The molecule has 5 nitrogen and oxygen atoms in total. The van der Waals surface area contributed by atoms with Crippen molar-refractivity contribution >= 4 is 0 Å². The molecule has 5 unspecified atom stereocenters. The Morgan fingerprint density at radius 3 is 2.36 bits per heavy atom. The van der Waals surface area contributed by atoms with Crippen molar-refractivity contribution in [3.8, 4) is 0 Å². The van der Waals surface area contributed by atoms with Crippen LogP contribution in [0.1, 0.15) is 20.8 Å². The fourth-order valence-electron chi connectivity index (χ4n) is 1.86. The molecule has 2 saturated heterocycles. The number of aliphatic hydroxyl groups excluding tert-OH is 2. The number of fused-ring (bicyclic) bond motifs is 1. The topological polar surface area (TPSA) is 68.2 Å². The summed E-state index contributed by atoms with van der Waals surface area (Å²) >= 11 is 0. The summed E-state index contributed by atoms with van der Waals surface area (Å²) in [4.78, 5) is 0. The molecular formula is C9H16O5. The predicted octanol–water partition coefficient (Wildman–Crippen LogP) is -0.396. The van der Waals surface area contributed by atoms with Crippen LogP contribution in [-0.4, -0.2) is 46.7 Å². The van der Waals surface area contributed by atoms with Crippen molar-refractivity contribution in [2.75, 3.05) is 0 Å². The molecule has 0 radical (unpaired) electrons. The van der Waals surface area contributed by atoms with Crippen LogP contribution in [0.3, 0.4) is 0 Å². The van der Waals surface area contributed by atoms with Gasteiger partial charge >= 0.3 is 0 Å². The Morgan fingerprint density at radius 1 is 1.07 bits per heavy atom. The summed E-state index contributed by atoms with van der Waals surface area (Å²) in [6, 6.07) is 0. The maximum absolute atomic E-state index is 9.72. The van der Waals surface area contributed by atoms with Gasteiger partial charge in [-0.05, 0) is 20.8 Å². The summed E-state index contributed by atoms with van der Waals surface area (Å²) in [5, 5.41) is 19.3. The Labute approximate surface area is 82.6 Å². The van der Waals surface area contributed by atoms with Gasteiger partial charge in [0.05, 0.1) is 6.10 Å². The molecular weight excluding hydrogens is 188 g/mol. The average Bonchev–Trinajstić information content (AvgIpc) is 2.37. The van der Waals surface area contributed by atoms with Crippen molar-refractivity contribution in [2.45, 2.75) is 57.3 Å². The van der Waals surface area contributed by atoms with Gasteiger partial charge in [0.25, 0.3) is 0 Å². The molecule has 0 saturated carbocycles. The zero-order valence-electron chi connectivity index (χ0n) is 8.51. The molecule has 2 aliphatic rings. The summed E-state index contributed by atoms with van der Waals surface area (Å²) in [5.41, 5.74) is 0. The highest BCUT2D eigenvalue weighted by Crippen LogP contribution is 2.35. The molecule has 0 aliphatic carbocycles. The number of hydrogen-bond donors (Lipinski definition) is 2. The smallest absolute Gasteiger partial charge is 0.190 e. The molecule has 2 N–H and O–H groups in total. The van der Waals surface area contributed by atoms with Gasteiger partial charge in [-0.2, -0.15) is 0 Å². The largest absolute Gasteiger partial charge is 0.388 e. The van der Waals surface area contributed by atoms with E-state index in [0.29, 0.717) is 0 Å². The average molecular weight is 204 g/mol. The van der Waals surface area contributed by atoms with Crippen LogP contribution in [0.25, 0.3) is 0 Å². The highest BCUT2D eigenvalue weighted by molar-refractivity contribution is 4.92. The summed E-state index contributed by atoms with van der Waals surface area (Å²) in [7, 11) is 0. The molecule has 2 aliphatic heterocycles. The van der Waals surface area contributed by atoms with Crippen LogP contribution in [0, 0.1) is 0 Å². The summed E-state index contributed by atoms with van der Waals surface area (Å²) in [5.74, 6) is -0.764. The van der Waals surface area contributed by atoms with E-state index in [4.69, 9.17) is 14.2 Å². The SMILES string of the molecule is CC1OC2OC(C)(C)OC2C(O)C1O. The van der Waals surface area contributed by atoms with E-state index in [1.54, 1.807) is 20.8 Å². The molecule has 0 bridgehead atoms. The third-order valence-electron chi connectivity index (χ3n) is 2.60. The van der Waals surface area contributed by atoms with Gasteiger partial charge in [0.15, 0.2) is 12.1 Å². The van der Waals surface area contributed by atoms with Gasteiger partial charge in [-0.15, -0.1) is 0 Å². The van der Waals surface area contributed by atoms with Crippen molar-refractivity contribution < 1.29 is 24.4 Å². The van der Waals surface area contributed by atoms with E-state index in [-0.39, 0.29) is 0 Å². The third kappa shape index (κ3) is 1.55. The van der Waals surface area contributed by atoms with Crippen LogP contribution in [0.15, 0.2) is 0 Å². The molecule has 0 aromatic heterocycles. The monoisotopic (exact) mass is 204 g/mol. The first-order chi connectivity index (χ1) is 6.41. The minimum absolute atomic E-state index is 0.441. The maximum atomic E-state index is 9.72. The normalized spacial score (nSPS) is 51.6. The molecule has 14 heavy (non-hydrogen) atoms. The van der Waals surface area contributed by atoms with Gasteiger partial charge < -0.3 is 24.4 Å². The Balaban J connectivity index is 2.15. The molecule has 0 spiro atoms. The van der Waals surface area contributed by atoms with Crippen molar-refractivity contribution in [2.24, 2.45) is 0 Å². The molecule has 2 heterocycles. The molecule has 5 atom stereocenters. The van der Waals surface area contributed by atoms with Crippen molar-refractivity contribution in [3.05, 3.63) is 0 Å². The van der Waals surface area contributed by atoms with E-state index in [1.807, 2.05) is 0 Å². The summed E-state index contributed by atoms with van der Waals surface area (Å²) < 4.78 is 16.2. The zero-order chi connectivity index (χ0) is 10.5. The highest BCUT2D eigenvalue weighted by Gasteiger charge is 2.52. The Kier molecular flexibility index (Phi) is 2.32. The second-order valence-electron chi connectivity index (χ2n) is 4.29. The van der Waals surface area contributed by atoms with Gasteiger partial charge in [0.2, 0.25) is 0 Å². The number of rotatable bonds is 0. The van der Waals surface area contributed by atoms with Crippen LogP contribution >= 0.6 is 0 Å². The van der Waals surface area contributed by atoms with E-state index in [0.717, 1.165) is 0 Å². The van der Waals surface area contributed by atoms with Gasteiger partial charge in [-0.25, -0.2) is 0 Å². The lowest BCUT2D eigenvalue weighted by atomic mass is 10.0. The third-order valence-corrected chi connectivity index (χ3v) is 2.60. The van der Waals surface area contributed by atoms with Gasteiger partial charge in [0.1, 0.15) is 18.3 Å². The van der Waals surface area contributed by atoms with Crippen LogP contribution < -0.4 is 0 Å². The zero-order valence-corrected chi connectivity index (χ0v) is 8.51. The number of hydrogen-bond acceptors (Lipinski definition) is 5. The van der Waals surface area contributed by atoms with Crippen LogP contribution in [0.4, 0.5) is 0 Å². The molecule has 2 rings (SSSR count). The van der Waals surface area contributed by atoms with Crippen molar-refractivity contribution in [1.82, 2.24) is 0 Å². The van der Waals surface area contributed by atoms with Crippen LogP contribution in [0.5, 0.6) is 0 Å². The van der Waals surface area contributed by atoms with E-state index in [1.165, 1.54) is 0 Å². The minimum Gasteiger partial charge on any atom is -0.388 e. The van der Waals surface area contributed by atoms with Crippen LogP contribution in [-0.2, 0) is 14.2 Å². The predicted molar refractivity (Wildman–Crippen MR) is 46.4 cm³/mol. The van der Waals surface area contributed by atoms with Gasteiger partial charge in [-0.1, -0.05) is 0 Å². The lowest BCUT2D eigenvalue weighted by Crippen LogP contribution is -2.55. The van der Waals surface area contributed by atoms with Gasteiger partial charge in [-0.3, -0.25) is 0 Å². The Bertz CT molecular complexity index is 229. The first-order valence-corrected chi connectivity index (χ1v) is 4.78. The number of aliphatic hydroxyl groups is 2. The second-order valence-corrected chi connectivity index (χ2v) is 4.29. The number of ether oxygens (including phenoxy) is 3. The second kappa shape index (κ2) is 3.15. The molecule has 5 heteroatoms. The van der Waals surface area contributed by atoms with E-state index in [9.17, 15) is 10.2 Å². The molecule has 82 valence electrons. The highest BCUT2D eigenvalue weighted by atomic mass is 16.8. The van der Waals surface area contributed by atoms with Crippen molar-refractivity contribution in [1.29, 1.82) is 0 Å². The Hall–Kier alpha value is -0.200. The van der Waals surface area contributed by atoms with E-state index >= 15 is 0 Å². The Morgan fingerprint density at radius 2 is 1.71 bits per heavy atom. The fourth-order valence-corrected chi connectivity index (χ4v) is 1.86. The first-order valence-electron chi connectivity index (χ1n) is 4.78. The minimum atomic E-state index is -0.953. The van der Waals surface area contributed by atoms with E-state index < -0.39 is 36.5 Å². The van der Waals surface area contributed by atoms with Crippen molar-refractivity contribution in [3.63, 3.8) is 0 Å². The standard InChI is InChI=1S/C9H16O5/c1-4-5(10)6(11)7-8(12-4)14-9(2,3)13-7/h4-8,10-11H,1-3H3. The lowest BCUT2D eigenvalue weighted by Gasteiger charge is -2.36. The quantitative estimate of drug-likeness (QED) is 0.562. The lowest BCUT2D eigenvalue weighted by molar-refractivity contribution is -0.245. The molecule has 0 amide bonds. The summed E-state index contributed by atoms with van der Waals surface area (Å²) in [6.45, 7) is 5.19. The van der Waals surface area contributed by atoms with Gasteiger partial charge in [0, 0.05) is 0 Å². The molecule has 2 fully saturated rings. The molecule has 0 aromatic rings. The maximum Gasteiger partial charge on any atom is 0.190 e. The first kappa shape index (κ1) is 10.3. The fraction of sp³-hybridized carbons (Fsp3) is 1.00. The summed E-state index contributed by atoms with van der Waals surface area (Å²) in [6.07, 6.45) is -3.50. The van der Waals surface area contributed by atoms with E-state index in [2.05, 4.69) is 0 Å².